The van der Waals surface area contributed by atoms with E-state index in [1.807, 2.05) is 10.7 Å². The molecule has 0 atom stereocenters. The Morgan fingerprint density at radius 2 is 2.05 bits per heavy atom. The van der Waals surface area contributed by atoms with Crippen LogP contribution in [0.4, 0.5) is 0 Å². The molecule has 0 aliphatic heterocycles. The lowest BCUT2D eigenvalue weighted by Gasteiger charge is -2.00. The zero-order chi connectivity index (χ0) is 13.9. The number of rotatable bonds is 5. The van der Waals surface area contributed by atoms with Gasteiger partial charge in [-0.1, -0.05) is 29.8 Å². The summed E-state index contributed by atoms with van der Waals surface area (Å²) in [6, 6.07) is 12.4. The van der Waals surface area contributed by atoms with Crippen LogP contribution in [0.25, 0.3) is 10.9 Å². The van der Waals surface area contributed by atoms with Crippen LogP contribution in [-0.2, 0) is 19.6 Å². The minimum Gasteiger partial charge on any atom is -0.306 e. The third-order valence-corrected chi connectivity index (χ3v) is 4.49. The first kappa shape index (κ1) is 13.6. The lowest BCUT2D eigenvalue weighted by molar-refractivity contribution is 0.634. The summed E-state index contributed by atoms with van der Waals surface area (Å²) in [5.41, 5.74) is 2.30. The van der Waals surface area contributed by atoms with E-state index in [0.717, 1.165) is 29.7 Å². The normalized spacial score (nSPS) is 11.3. The highest BCUT2D eigenvalue weighted by Gasteiger charge is 2.08. The second-order valence-electron chi connectivity index (χ2n) is 4.59. The first-order valence-electron chi connectivity index (χ1n) is 6.67. The predicted molar refractivity (Wildman–Crippen MR) is 85.3 cm³/mol. The molecule has 2 aromatic heterocycles. The molecule has 104 valence electrons. The Hall–Kier alpha value is -1.36. The largest absolute Gasteiger partial charge is 0.306 e. The molecule has 0 aliphatic carbocycles. The molecule has 20 heavy (non-hydrogen) atoms. The number of hydrogen-bond acceptors (Lipinski definition) is 3. The number of benzene rings is 1. The SMILES string of the molecule is CCn1nc(CNCc2ccc(Cl)s2)c2ccccc21. The molecule has 2 heterocycles. The number of thiophene rings is 1. The van der Waals surface area contributed by atoms with Gasteiger partial charge in [-0.25, -0.2) is 0 Å². The summed E-state index contributed by atoms with van der Waals surface area (Å²) in [6.45, 7) is 4.60. The van der Waals surface area contributed by atoms with Crippen LogP contribution in [0.2, 0.25) is 4.34 Å². The van der Waals surface area contributed by atoms with Crippen molar-refractivity contribution in [1.29, 1.82) is 0 Å². The van der Waals surface area contributed by atoms with E-state index in [1.54, 1.807) is 11.3 Å². The second kappa shape index (κ2) is 5.95. The molecule has 0 unspecified atom stereocenters. The van der Waals surface area contributed by atoms with Crippen LogP contribution in [-0.4, -0.2) is 9.78 Å². The number of halogens is 1. The quantitative estimate of drug-likeness (QED) is 0.770. The van der Waals surface area contributed by atoms with Crippen molar-refractivity contribution < 1.29 is 0 Å². The van der Waals surface area contributed by atoms with E-state index in [9.17, 15) is 0 Å². The lowest BCUT2D eigenvalue weighted by Crippen LogP contribution is -2.12. The number of fused-ring (bicyclic) bond motifs is 1. The van der Waals surface area contributed by atoms with Crippen molar-refractivity contribution >= 4 is 33.8 Å². The van der Waals surface area contributed by atoms with Crippen LogP contribution in [0.1, 0.15) is 17.5 Å². The molecule has 0 spiro atoms. The summed E-state index contributed by atoms with van der Waals surface area (Å²) in [5.74, 6) is 0. The van der Waals surface area contributed by atoms with Crippen LogP contribution in [0.5, 0.6) is 0 Å². The first-order valence-corrected chi connectivity index (χ1v) is 7.86. The van der Waals surface area contributed by atoms with Crippen molar-refractivity contribution in [1.82, 2.24) is 15.1 Å². The summed E-state index contributed by atoms with van der Waals surface area (Å²) >= 11 is 7.55. The van der Waals surface area contributed by atoms with Gasteiger partial charge in [0.1, 0.15) is 0 Å². The summed E-state index contributed by atoms with van der Waals surface area (Å²) < 4.78 is 2.89. The second-order valence-corrected chi connectivity index (χ2v) is 6.39. The van der Waals surface area contributed by atoms with Gasteiger partial charge in [-0.15, -0.1) is 11.3 Å². The van der Waals surface area contributed by atoms with Gasteiger partial charge in [-0.3, -0.25) is 4.68 Å². The molecule has 0 saturated heterocycles. The van der Waals surface area contributed by atoms with Gasteiger partial charge in [0.2, 0.25) is 0 Å². The third kappa shape index (κ3) is 2.73. The van der Waals surface area contributed by atoms with E-state index in [2.05, 4.69) is 47.7 Å². The van der Waals surface area contributed by atoms with Crippen LogP contribution >= 0.6 is 22.9 Å². The third-order valence-electron chi connectivity index (χ3n) is 3.25. The summed E-state index contributed by atoms with van der Waals surface area (Å²) in [6.07, 6.45) is 0. The van der Waals surface area contributed by atoms with Gasteiger partial charge in [0.25, 0.3) is 0 Å². The molecule has 1 aromatic carbocycles. The number of aromatic nitrogens is 2. The monoisotopic (exact) mass is 305 g/mol. The molecule has 5 heteroatoms. The zero-order valence-electron chi connectivity index (χ0n) is 11.3. The Balaban J connectivity index is 1.74. The van der Waals surface area contributed by atoms with E-state index >= 15 is 0 Å². The first-order chi connectivity index (χ1) is 9.78. The number of nitrogens with one attached hydrogen (secondary N) is 1. The molecule has 3 aromatic rings. The molecule has 1 N–H and O–H groups in total. The van der Waals surface area contributed by atoms with Crippen LogP contribution in [0, 0.1) is 0 Å². The van der Waals surface area contributed by atoms with E-state index < -0.39 is 0 Å². The molecule has 0 amide bonds. The van der Waals surface area contributed by atoms with E-state index in [4.69, 9.17) is 11.6 Å². The Morgan fingerprint density at radius 1 is 1.20 bits per heavy atom. The maximum Gasteiger partial charge on any atom is 0.0931 e. The fourth-order valence-electron chi connectivity index (χ4n) is 2.32. The van der Waals surface area contributed by atoms with Gasteiger partial charge in [0.05, 0.1) is 15.5 Å². The number of nitrogens with zero attached hydrogens (tertiary/aromatic N) is 2. The Kier molecular flexibility index (Phi) is 4.05. The standard InChI is InChI=1S/C15H16ClN3S/c1-2-19-14-6-4-3-5-12(14)13(18-19)10-17-9-11-7-8-15(16)20-11/h3-8,17H,2,9-10H2,1H3. The molecule has 0 bridgehead atoms. The predicted octanol–water partition coefficient (Wildman–Crippen LogP) is 4.06. The van der Waals surface area contributed by atoms with Crippen molar-refractivity contribution in [3.63, 3.8) is 0 Å². The number of para-hydroxylation sites is 1. The van der Waals surface area contributed by atoms with Gasteiger partial charge in [-0.2, -0.15) is 5.10 Å². The highest BCUT2D eigenvalue weighted by molar-refractivity contribution is 7.16. The maximum atomic E-state index is 5.93. The maximum absolute atomic E-state index is 5.93. The molecule has 0 fully saturated rings. The molecule has 3 nitrogen and oxygen atoms in total. The summed E-state index contributed by atoms with van der Waals surface area (Å²) in [5, 5.41) is 9.34. The smallest absolute Gasteiger partial charge is 0.0931 e. The Labute approximate surface area is 127 Å². The van der Waals surface area contributed by atoms with Crippen molar-refractivity contribution in [2.24, 2.45) is 0 Å². The minimum atomic E-state index is 0.767. The van der Waals surface area contributed by atoms with Crippen molar-refractivity contribution in [2.75, 3.05) is 0 Å². The molecule has 0 radical (unpaired) electrons. The Bertz CT molecular complexity index is 717. The lowest BCUT2D eigenvalue weighted by atomic mass is 10.2. The van der Waals surface area contributed by atoms with Gasteiger partial charge in [0, 0.05) is 29.9 Å². The van der Waals surface area contributed by atoms with Crippen LogP contribution < -0.4 is 5.32 Å². The van der Waals surface area contributed by atoms with Gasteiger partial charge in [0.15, 0.2) is 0 Å². The minimum absolute atomic E-state index is 0.767. The highest BCUT2D eigenvalue weighted by atomic mass is 35.5. The van der Waals surface area contributed by atoms with Crippen LogP contribution in [0.15, 0.2) is 36.4 Å². The molecule has 0 aliphatic rings. The molecular weight excluding hydrogens is 290 g/mol. The fraction of sp³-hybridized carbons (Fsp3) is 0.267. The van der Waals surface area contributed by atoms with Gasteiger partial charge < -0.3 is 5.32 Å². The van der Waals surface area contributed by atoms with E-state index in [1.165, 1.54) is 15.8 Å². The zero-order valence-corrected chi connectivity index (χ0v) is 12.8. The average Bonchev–Trinajstić information content (AvgIpc) is 3.03. The van der Waals surface area contributed by atoms with Crippen molar-refractivity contribution in [3.8, 4) is 0 Å². The van der Waals surface area contributed by atoms with Gasteiger partial charge >= 0.3 is 0 Å². The summed E-state index contributed by atoms with van der Waals surface area (Å²) in [7, 11) is 0. The topological polar surface area (TPSA) is 29.9 Å². The van der Waals surface area contributed by atoms with Crippen molar-refractivity contribution in [3.05, 3.63) is 51.3 Å². The number of hydrogen-bond donors (Lipinski definition) is 1. The molecule has 0 saturated carbocycles. The number of aryl methyl sites for hydroxylation is 1. The highest BCUT2D eigenvalue weighted by Crippen LogP contribution is 2.22. The van der Waals surface area contributed by atoms with Crippen LogP contribution in [0.3, 0.4) is 0 Å². The molecular formula is C15H16ClN3S. The average molecular weight is 306 g/mol. The summed E-state index contributed by atoms with van der Waals surface area (Å²) in [4.78, 5) is 1.24. The fourth-order valence-corrected chi connectivity index (χ4v) is 3.38. The van der Waals surface area contributed by atoms with E-state index in [-0.39, 0.29) is 0 Å². The van der Waals surface area contributed by atoms with Gasteiger partial charge in [-0.05, 0) is 25.1 Å². The molecule has 3 rings (SSSR count). The van der Waals surface area contributed by atoms with Crippen molar-refractivity contribution in [2.45, 2.75) is 26.6 Å². The Morgan fingerprint density at radius 3 is 2.80 bits per heavy atom. The van der Waals surface area contributed by atoms with E-state index in [0.29, 0.717) is 0 Å².